The number of aromatic nitrogens is 2. The maximum absolute atomic E-state index is 13.8. The number of nitrogens with one attached hydrogen (secondary N) is 2. The molecule has 1 amide bonds. The maximum atomic E-state index is 13.8. The molecule has 0 fully saturated rings. The highest BCUT2D eigenvalue weighted by molar-refractivity contribution is 6.31. The topological polar surface area (TPSA) is 59.0 Å². The van der Waals surface area contributed by atoms with E-state index >= 15 is 0 Å². The first-order valence-corrected chi connectivity index (χ1v) is 11.0. The Hall–Kier alpha value is -3.00. The van der Waals surface area contributed by atoms with E-state index in [1.54, 1.807) is 6.07 Å². The highest BCUT2D eigenvalue weighted by Crippen LogP contribution is 2.44. The van der Waals surface area contributed by atoms with Gasteiger partial charge in [0.05, 0.1) is 18.7 Å². The zero-order chi connectivity index (χ0) is 23.8. The Morgan fingerprint density at radius 3 is 2.61 bits per heavy atom. The molecule has 0 radical (unpaired) electrons. The number of benzene rings is 2. The van der Waals surface area contributed by atoms with E-state index in [-0.39, 0.29) is 31.1 Å². The first kappa shape index (κ1) is 23.2. The largest absolute Gasteiger partial charge is 0.410 e. The number of carbonyl (C=O) groups excluding carboxylic acids is 1. The van der Waals surface area contributed by atoms with Crippen molar-refractivity contribution >= 4 is 23.3 Å². The van der Waals surface area contributed by atoms with Crippen LogP contribution in [0.1, 0.15) is 46.3 Å². The van der Waals surface area contributed by atoms with Gasteiger partial charge in [-0.25, -0.2) is 4.68 Å². The normalized spacial score (nSPS) is 17.9. The van der Waals surface area contributed by atoms with E-state index in [0.29, 0.717) is 10.6 Å². The molecule has 2 heterocycles. The van der Waals surface area contributed by atoms with Crippen LogP contribution in [0.3, 0.4) is 0 Å². The van der Waals surface area contributed by atoms with Crippen LogP contribution in [0.2, 0.25) is 5.02 Å². The molecule has 174 valence electrons. The van der Waals surface area contributed by atoms with Crippen LogP contribution in [0.25, 0.3) is 0 Å². The van der Waals surface area contributed by atoms with E-state index in [2.05, 4.69) is 15.7 Å². The first-order valence-electron chi connectivity index (χ1n) is 10.6. The number of halogens is 4. The van der Waals surface area contributed by atoms with Gasteiger partial charge in [-0.1, -0.05) is 53.6 Å². The Morgan fingerprint density at radius 2 is 1.94 bits per heavy atom. The number of anilines is 1. The fourth-order valence-corrected chi connectivity index (χ4v) is 4.15. The third kappa shape index (κ3) is 5.16. The molecule has 0 bridgehead atoms. The lowest BCUT2D eigenvalue weighted by Gasteiger charge is -2.34. The summed E-state index contributed by atoms with van der Waals surface area (Å²) in [6.07, 6.45) is -3.40. The van der Waals surface area contributed by atoms with Crippen molar-refractivity contribution in [2.75, 3.05) is 5.32 Å². The maximum Gasteiger partial charge on any atom is 0.410 e. The summed E-state index contributed by atoms with van der Waals surface area (Å²) >= 11 is 6.12. The fraction of sp³-hybridized carbons (Fsp3) is 0.333. The molecule has 3 aromatic rings. The summed E-state index contributed by atoms with van der Waals surface area (Å²) < 4.78 is 42.5. The van der Waals surface area contributed by atoms with Crippen LogP contribution in [0, 0.1) is 13.8 Å². The molecule has 0 saturated carbocycles. The van der Waals surface area contributed by atoms with E-state index in [0.717, 1.165) is 26.9 Å². The molecule has 1 aliphatic rings. The number of hydrogen-bond donors (Lipinski definition) is 2. The lowest BCUT2D eigenvalue weighted by Crippen LogP contribution is -2.36. The zero-order valence-electron chi connectivity index (χ0n) is 18.2. The van der Waals surface area contributed by atoms with Crippen molar-refractivity contribution < 1.29 is 18.0 Å². The summed E-state index contributed by atoms with van der Waals surface area (Å²) in [5.74, 6) is -0.0898. The van der Waals surface area contributed by atoms with Crippen molar-refractivity contribution in [3.8, 4) is 0 Å². The minimum Gasteiger partial charge on any atom is -0.363 e. The molecule has 2 atom stereocenters. The van der Waals surface area contributed by atoms with Gasteiger partial charge in [-0.05, 0) is 36.6 Å². The number of nitrogens with zero attached hydrogens (tertiary/aromatic N) is 2. The Morgan fingerprint density at radius 1 is 1.21 bits per heavy atom. The molecule has 5 nitrogen and oxygen atoms in total. The number of hydrogen-bond acceptors (Lipinski definition) is 3. The van der Waals surface area contributed by atoms with E-state index in [9.17, 15) is 18.0 Å². The van der Waals surface area contributed by atoms with Crippen LogP contribution in [0.5, 0.6) is 0 Å². The van der Waals surface area contributed by atoms with Gasteiger partial charge in [0.15, 0.2) is 6.04 Å². The molecule has 33 heavy (non-hydrogen) atoms. The predicted octanol–water partition coefficient (Wildman–Crippen LogP) is 5.67. The number of alkyl halides is 3. The summed E-state index contributed by atoms with van der Waals surface area (Å²) in [4.78, 5) is 12.6. The average molecular weight is 477 g/mol. The van der Waals surface area contributed by atoms with Crippen LogP contribution in [0.4, 0.5) is 19.0 Å². The lowest BCUT2D eigenvalue weighted by molar-refractivity contribution is -0.173. The van der Waals surface area contributed by atoms with Crippen LogP contribution >= 0.6 is 11.6 Å². The van der Waals surface area contributed by atoms with Crippen LogP contribution in [0.15, 0.2) is 48.7 Å². The van der Waals surface area contributed by atoms with Gasteiger partial charge in [-0.3, -0.25) is 4.79 Å². The monoisotopic (exact) mass is 476 g/mol. The van der Waals surface area contributed by atoms with E-state index in [1.165, 1.54) is 6.20 Å². The quantitative estimate of drug-likeness (QED) is 0.498. The van der Waals surface area contributed by atoms with Crippen molar-refractivity contribution in [1.82, 2.24) is 15.1 Å². The summed E-state index contributed by atoms with van der Waals surface area (Å²) in [7, 11) is 0. The molecule has 1 aromatic heterocycles. The van der Waals surface area contributed by atoms with Crippen LogP contribution in [-0.2, 0) is 17.8 Å². The molecule has 1 aliphatic heterocycles. The minimum atomic E-state index is -4.46. The van der Waals surface area contributed by atoms with Gasteiger partial charge in [0.25, 0.3) is 0 Å². The van der Waals surface area contributed by atoms with E-state index in [1.807, 2.05) is 50.2 Å². The Bertz CT molecular complexity index is 1160. The fourth-order valence-electron chi connectivity index (χ4n) is 3.94. The number of carbonyl (C=O) groups is 1. The molecule has 2 N–H and O–H groups in total. The number of amides is 1. The summed E-state index contributed by atoms with van der Waals surface area (Å²) in [5.41, 5.74) is 3.98. The van der Waals surface area contributed by atoms with Crippen LogP contribution < -0.4 is 10.6 Å². The smallest absolute Gasteiger partial charge is 0.363 e. The highest BCUT2D eigenvalue weighted by Gasteiger charge is 2.46. The molecule has 0 unspecified atom stereocenters. The summed E-state index contributed by atoms with van der Waals surface area (Å²) in [6, 6.07) is 10.6. The third-order valence-electron chi connectivity index (χ3n) is 5.87. The van der Waals surface area contributed by atoms with Crippen LogP contribution in [-0.4, -0.2) is 21.9 Å². The average Bonchev–Trinajstić information content (AvgIpc) is 3.16. The van der Waals surface area contributed by atoms with Crippen molar-refractivity contribution in [1.29, 1.82) is 0 Å². The Balaban J connectivity index is 1.52. The second-order valence-corrected chi connectivity index (χ2v) is 8.81. The third-order valence-corrected chi connectivity index (χ3v) is 6.28. The van der Waals surface area contributed by atoms with Gasteiger partial charge in [-0.15, -0.1) is 0 Å². The number of rotatable bonds is 5. The number of aryl methyl sites for hydroxylation is 2. The molecule has 0 saturated heterocycles. The minimum absolute atomic E-state index is 0.0902. The lowest BCUT2D eigenvalue weighted by atomic mass is 9.96. The molecule has 0 spiro atoms. The van der Waals surface area contributed by atoms with Gasteiger partial charge in [0.1, 0.15) is 5.82 Å². The van der Waals surface area contributed by atoms with Crippen molar-refractivity contribution in [2.45, 2.75) is 51.5 Å². The molecular formula is C24H24ClF3N4O. The second-order valence-electron chi connectivity index (χ2n) is 8.40. The van der Waals surface area contributed by atoms with Crippen molar-refractivity contribution in [3.05, 3.63) is 81.5 Å². The number of fused-ring (bicyclic) bond motifs is 1. The summed E-state index contributed by atoms with van der Waals surface area (Å²) in [5, 5.41) is 10.6. The molecule has 4 rings (SSSR count). The highest BCUT2D eigenvalue weighted by atomic mass is 35.5. The van der Waals surface area contributed by atoms with Gasteiger partial charge in [0.2, 0.25) is 5.91 Å². The van der Waals surface area contributed by atoms with Crippen molar-refractivity contribution in [2.24, 2.45) is 0 Å². The van der Waals surface area contributed by atoms with E-state index in [4.69, 9.17) is 11.6 Å². The molecule has 0 aliphatic carbocycles. The zero-order valence-corrected chi connectivity index (χ0v) is 19.0. The molecule has 9 heteroatoms. The molecule has 2 aromatic carbocycles. The SMILES string of the molecule is Cc1ccc([C@H]2C[C@@H](C(F)(F)F)n3ncc(CC(=O)NCc4ccc(C)c(Cl)c4)c3N2)cc1. The van der Waals surface area contributed by atoms with E-state index < -0.39 is 18.3 Å². The Labute approximate surface area is 194 Å². The van der Waals surface area contributed by atoms with Gasteiger partial charge < -0.3 is 10.6 Å². The predicted molar refractivity (Wildman–Crippen MR) is 121 cm³/mol. The van der Waals surface area contributed by atoms with Gasteiger partial charge in [0, 0.05) is 23.6 Å². The van der Waals surface area contributed by atoms with Gasteiger partial charge in [-0.2, -0.15) is 18.3 Å². The standard InChI is InChI=1S/C24H24ClF3N4O/c1-14-3-7-17(8-4-14)20-11-21(24(26,27)28)32-23(31-20)18(13-30-32)10-22(33)29-12-16-6-5-15(2)19(25)9-16/h3-9,13,20-21,31H,10-12H2,1-2H3,(H,29,33)/t20-,21+/m1/s1. The summed E-state index contributed by atoms with van der Waals surface area (Å²) in [6.45, 7) is 4.08. The first-order chi connectivity index (χ1) is 15.6. The second kappa shape index (κ2) is 9.09. The Kier molecular flexibility index (Phi) is 6.38. The van der Waals surface area contributed by atoms with Crippen molar-refractivity contribution in [3.63, 3.8) is 0 Å². The van der Waals surface area contributed by atoms with Gasteiger partial charge >= 0.3 is 6.18 Å². The molecular weight excluding hydrogens is 453 g/mol.